The smallest absolute Gasteiger partial charge is 0.348 e. The third-order valence-electron chi connectivity index (χ3n) is 2.42. The lowest BCUT2D eigenvalue weighted by Crippen LogP contribution is -2.29. The second kappa shape index (κ2) is 4.74. The molecule has 0 saturated carbocycles. The Balaban J connectivity index is 3.05. The van der Waals surface area contributed by atoms with Crippen LogP contribution in [0.4, 0.5) is 0 Å². The predicted octanol–water partition coefficient (Wildman–Crippen LogP) is 2.20. The molecule has 0 N–H and O–H groups in total. The van der Waals surface area contributed by atoms with Crippen LogP contribution in [-0.4, -0.2) is 13.1 Å². The van der Waals surface area contributed by atoms with Gasteiger partial charge in [0.05, 0.1) is 12.5 Å². The van der Waals surface area contributed by atoms with Gasteiger partial charge in [0.1, 0.15) is 5.75 Å². The average Bonchev–Trinajstić information content (AvgIpc) is 2.29. The standard InChI is InChI=1S/C11H13NO4/c1-11(2,10(13)16-12-14)8-5-4-6-9(7-8)15-3/h4-7H,1-3H3. The average molecular weight is 223 g/mol. The fraction of sp³-hybridized carbons (Fsp3) is 0.364. The van der Waals surface area contributed by atoms with E-state index < -0.39 is 11.4 Å². The molecule has 0 spiro atoms. The molecule has 5 nitrogen and oxygen atoms in total. The minimum Gasteiger partial charge on any atom is -0.497 e. The van der Waals surface area contributed by atoms with Crippen LogP contribution < -0.4 is 4.74 Å². The maximum absolute atomic E-state index is 11.5. The lowest BCUT2D eigenvalue weighted by molar-refractivity contribution is -0.149. The van der Waals surface area contributed by atoms with Crippen LogP contribution in [0.3, 0.4) is 0 Å². The molecule has 0 atom stereocenters. The highest BCUT2D eigenvalue weighted by Crippen LogP contribution is 2.27. The molecule has 1 aromatic carbocycles. The number of carbonyl (C=O) groups is 1. The van der Waals surface area contributed by atoms with E-state index in [-0.39, 0.29) is 0 Å². The Hall–Kier alpha value is -1.91. The van der Waals surface area contributed by atoms with E-state index in [1.807, 2.05) is 0 Å². The van der Waals surface area contributed by atoms with Gasteiger partial charge in [-0.05, 0) is 31.5 Å². The van der Waals surface area contributed by atoms with Gasteiger partial charge in [-0.3, -0.25) is 4.84 Å². The number of ether oxygens (including phenoxy) is 1. The summed E-state index contributed by atoms with van der Waals surface area (Å²) < 4.78 is 5.05. The fourth-order valence-electron chi connectivity index (χ4n) is 1.28. The summed E-state index contributed by atoms with van der Waals surface area (Å²) in [6.07, 6.45) is 0. The molecule has 0 fully saturated rings. The highest BCUT2D eigenvalue weighted by atomic mass is 16.7. The van der Waals surface area contributed by atoms with E-state index in [2.05, 4.69) is 10.2 Å². The van der Waals surface area contributed by atoms with Crippen LogP contribution in [0.25, 0.3) is 0 Å². The molecule has 0 aromatic heterocycles. The van der Waals surface area contributed by atoms with E-state index in [4.69, 9.17) is 4.74 Å². The molecular formula is C11H13NO4. The number of nitrogens with zero attached hydrogens (tertiary/aromatic N) is 1. The van der Waals surface area contributed by atoms with Crippen LogP contribution in [0, 0.1) is 4.91 Å². The van der Waals surface area contributed by atoms with Crippen LogP contribution >= 0.6 is 0 Å². The molecule has 5 heteroatoms. The highest BCUT2D eigenvalue weighted by Gasteiger charge is 2.32. The molecule has 0 heterocycles. The summed E-state index contributed by atoms with van der Waals surface area (Å²) in [5.41, 5.74) is -0.247. The number of benzene rings is 1. The van der Waals surface area contributed by atoms with Crippen LogP contribution in [0.1, 0.15) is 19.4 Å². The maximum Gasteiger partial charge on any atom is 0.348 e. The highest BCUT2D eigenvalue weighted by molar-refractivity contribution is 5.82. The van der Waals surface area contributed by atoms with Gasteiger partial charge in [-0.15, -0.1) is 4.91 Å². The van der Waals surface area contributed by atoms with E-state index in [9.17, 15) is 9.70 Å². The SMILES string of the molecule is COc1cccc(C(C)(C)C(=O)ON=O)c1. The molecule has 86 valence electrons. The fourth-order valence-corrected chi connectivity index (χ4v) is 1.28. The van der Waals surface area contributed by atoms with Crippen molar-refractivity contribution in [1.82, 2.24) is 0 Å². The van der Waals surface area contributed by atoms with Gasteiger partial charge in [-0.25, -0.2) is 4.79 Å². The largest absolute Gasteiger partial charge is 0.497 e. The molecular weight excluding hydrogens is 210 g/mol. The van der Waals surface area contributed by atoms with Crippen molar-refractivity contribution in [3.8, 4) is 5.75 Å². The number of rotatable bonds is 4. The van der Waals surface area contributed by atoms with Crippen molar-refractivity contribution in [2.24, 2.45) is 5.34 Å². The Morgan fingerprint density at radius 2 is 2.06 bits per heavy atom. The van der Waals surface area contributed by atoms with Crippen molar-refractivity contribution in [3.05, 3.63) is 34.7 Å². The first-order chi connectivity index (χ1) is 7.52. The van der Waals surface area contributed by atoms with Gasteiger partial charge in [-0.2, -0.15) is 0 Å². The molecule has 0 aliphatic rings. The summed E-state index contributed by atoms with van der Waals surface area (Å²) >= 11 is 0. The third-order valence-corrected chi connectivity index (χ3v) is 2.42. The minimum atomic E-state index is -0.942. The summed E-state index contributed by atoms with van der Waals surface area (Å²) in [5.74, 6) is -0.0619. The number of hydrogen-bond donors (Lipinski definition) is 0. The van der Waals surface area contributed by atoms with Gasteiger partial charge in [0.2, 0.25) is 0 Å². The normalized spacial score (nSPS) is 10.7. The van der Waals surface area contributed by atoms with Gasteiger partial charge < -0.3 is 4.74 Å². The van der Waals surface area contributed by atoms with E-state index in [0.29, 0.717) is 11.3 Å². The van der Waals surface area contributed by atoms with E-state index in [1.54, 1.807) is 38.1 Å². The van der Waals surface area contributed by atoms with Crippen molar-refractivity contribution in [2.75, 3.05) is 7.11 Å². The van der Waals surface area contributed by atoms with Crippen LogP contribution in [0.15, 0.2) is 29.6 Å². The molecule has 0 amide bonds. The van der Waals surface area contributed by atoms with Crippen molar-refractivity contribution in [3.63, 3.8) is 0 Å². The summed E-state index contributed by atoms with van der Waals surface area (Å²) in [6, 6.07) is 7.00. The van der Waals surface area contributed by atoms with E-state index in [0.717, 1.165) is 0 Å². The maximum atomic E-state index is 11.5. The Morgan fingerprint density at radius 1 is 1.38 bits per heavy atom. The molecule has 1 aromatic rings. The first-order valence-corrected chi connectivity index (χ1v) is 4.71. The van der Waals surface area contributed by atoms with Crippen molar-refractivity contribution >= 4 is 5.97 Å². The van der Waals surface area contributed by atoms with Crippen molar-refractivity contribution < 1.29 is 14.4 Å². The summed E-state index contributed by atoms with van der Waals surface area (Å²) in [6.45, 7) is 3.30. The van der Waals surface area contributed by atoms with Gasteiger partial charge in [-0.1, -0.05) is 12.1 Å². The van der Waals surface area contributed by atoms with Crippen molar-refractivity contribution in [2.45, 2.75) is 19.3 Å². The molecule has 0 unspecified atom stereocenters. The number of methoxy groups -OCH3 is 1. The van der Waals surface area contributed by atoms with Crippen LogP contribution in [0.2, 0.25) is 0 Å². The van der Waals surface area contributed by atoms with Crippen LogP contribution in [0.5, 0.6) is 5.75 Å². The Morgan fingerprint density at radius 3 is 2.62 bits per heavy atom. The van der Waals surface area contributed by atoms with Gasteiger partial charge in [0.15, 0.2) is 5.34 Å². The first-order valence-electron chi connectivity index (χ1n) is 4.71. The second-order valence-corrected chi connectivity index (χ2v) is 3.81. The lowest BCUT2D eigenvalue weighted by atomic mass is 9.85. The summed E-state index contributed by atoms with van der Waals surface area (Å²) in [5, 5.41) is 2.14. The molecule has 0 aliphatic carbocycles. The zero-order chi connectivity index (χ0) is 12.2. The first kappa shape index (κ1) is 12.2. The monoisotopic (exact) mass is 223 g/mol. The zero-order valence-corrected chi connectivity index (χ0v) is 9.39. The molecule has 0 bridgehead atoms. The Kier molecular flexibility index (Phi) is 3.60. The molecule has 16 heavy (non-hydrogen) atoms. The van der Waals surface area contributed by atoms with Crippen molar-refractivity contribution in [1.29, 1.82) is 0 Å². The molecule has 0 radical (unpaired) electrons. The Bertz CT molecular complexity index is 401. The summed E-state index contributed by atoms with van der Waals surface area (Å²) in [7, 11) is 1.54. The third kappa shape index (κ3) is 2.36. The zero-order valence-electron chi connectivity index (χ0n) is 9.39. The number of carbonyl (C=O) groups excluding carboxylic acids is 1. The van der Waals surface area contributed by atoms with Crippen LogP contribution in [-0.2, 0) is 15.0 Å². The lowest BCUT2D eigenvalue weighted by Gasteiger charge is -2.20. The van der Waals surface area contributed by atoms with Gasteiger partial charge >= 0.3 is 5.97 Å². The predicted molar refractivity (Wildman–Crippen MR) is 57.9 cm³/mol. The molecule has 1 rings (SSSR count). The molecule has 0 saturated heterocycles. The minimum absolute atomic E-state index is 0.637. The van der Waals surface area contributed by atoms with Gasteiger partial charge in [0.25, 0.3) is 0 Å². The second-order valence-electron chi connectivity index (χ2n) is 3.81. The van der Waals surface area contributed by atoms with E-state index in [1.165, 1.54) is 7.11 Å². The van der Waals surface area contributed by atoms with E-state index >= 15 is 0 Å². The number of hydrogen-bond acceptors (Lipinski definition) is 5. The quantitative estimate of drug-likeness (QED) is 0.579. The Labute approximate surface area is 93.3 Å². The van der Waals surface area contributed by atoms with Gasteiger partial charge in [0, 0.05) is 0 Å². The topological polar surface area (TPSA) is 65.0 Å². The summed E-state index contributed by atoms with van der Waals surface area (Å²) in [4.78, 5) is 25.5. The molecule has 0 aliphatic heterocycles.